The Balaban J connectivity index is 1.44. The molecular weight excluding hydrogens is 612 g/mol. The predicted molar refractivity (Wildman–Crippen MR) is 178 cm³/mol. The van der Waals surface area contributed by atoms with E-state index in [0.29, 0.717) is 38.9 Å². The van der Waals surface area contributed by atoms with Crippen molar-refractivity contribution in [3.05, 3.63) is 112 Å². The number of nitrogens with one attached hydrogen (secondary N) is 4. The zero-order valence-electron chi connectivity index (χ0n) is 24.8. The SMILES string of the molecule is B[C@@](Nc1cc(Cl)c2ncc(C#N)c(N[C@H](CCS(C)(=O)=O)c3ccccc3)c2c1)(C1=CN(C2CC2)NN1)c1ccc(F)cc1. The van der Waals surface area contributed by atoms with E-state index in [2.05, 4.69) is 32.6 Å². The second-order valence-electron chi connectivity index (χ2n) is 11.7. The van der Waals surface area contributed by atoms with E-state index in [-0.39, 0.29) is 18.0 Å². The fourth-order valence-corrected chi connectivity index (χ4v) is 6.52. The first-order valence-corrected chi connectivity index (χ1v) is 17.1. The normalized spacial score (nSPS) is 16.8. The summed E-state index contributed by atoms with van der Waals surface area (Å²) >= 11 is 6.84. The van der Waals surface area contributed by atoms with Crippen LogP contribution in [-0.2, 0) is 15.3 Å². The number of fused-ring (bicyclic) bond motifs is 1. The van der Waals surface area contributed by atoms with Crippen LogP contribution >= 0.6 is 11.6 Å². The van der Waals surface area contributed by atoms with Gasteiger partial charge in [0.15, 0.2) is 0 Å². The third kappa shape index (κ3) is 6.71. The third-order valence-corrected chi connectivity index (χ3v) is 9.49. The van der Waals surface area contributed by atoms with Crippen molar-refractivity contribution in [2.24, 2.45) is 0 Å². The Morgan fingerprint density at radius 1 is 1.20 bits per heavy atom. The van der Waals surface area contributed by atoms with E-state index in [1.807, 2.05) is 55.5 Å². The lowest BCUT2D eigenvalue weighted by Crippen LogP contribution is -2.45. The molecule has 0 radical (unpaired) electrons. The van der Waals surface area contributed by atoms with Crippen molar-refractivity contribution in [1.29, 1.82) is 5.26 Å². The number of rotatable bonds is 11. The summed E-state index contributed by atoms with van der Waals surface area (Å²) in [5.74, 6) is -0.377. The summed E-state index contributed by atoms with van der Waals surface area (Å²) < 4.78 is 38.2. The van der Waals surface area contributed by atoms with Crippen molar-refractivity contribution in [2.75, 3.05) is 22.6 Å². The zero-order valence-corrected chi connectivity index (χ0v) is 26.4. The fourth-order valence-electron chi connectivity index (χ4n) is 5.58. The molecule has 0 spiro atoms. The van der Waals surface area contributed by atoms with Gasteiger partial charge in [0.25, 0.3) is 0 Å². The zero-order chi connectivity index (χ0) is 31.8. The molecule has 45 heavy (non-hydrogen) atoms. The molecule has 9 nitrogen and oxygen atoms in total. The van der Waals surface area contributed by atoms with Gasteiger partial charge in [-0.1, -0.05) is 54.1 Å². The van der Waals surface area contributed by atoms with Crippen LogP contribution in [0.5, 0.6) is 0 Å². The first kappa shape index (κ1) is 30.7. The average molecular weight is 644 g/mol. The number of sulfone groups is 1. The molecule has 0 saturated heterocycles. The summed E-state index contributed by atoms with van der Waals surface area (Å²) in [7, 11) is -1.25. The quantitative estimate of drug-likeness (QED) is 0.172. The topological polar surface area (TPSA) is 122 Å². The lowest BCUT2D eigenvalue weighted by Gasteiger charge is -2.34. The predicted octanol–water partition coefficient (Wildman–Crippen LogP) is 4.71. The number of hydrogen-bond donors (Lipinski definition) is 4. The van der Waals surface area contributed by atoms with Gasteiger partial charge in [0.2, 0.25) is 0 Å². The summed E-state index contributed by atoms with van der Waals surface area (Å²) in [6.07, 6.45) is 7.17. The van der Waals surface area contributed by atoms with Crippen molar-refractivity contribution < 1.29 is 12.8 Å². The molecule has 1 aliphatic heterocycles. The molecule has 0 unspecified atom stereocenters. The summed E-state index contributed by atoms with van der Waals surface area (Å²) in [6, 6.07) is 21.7. The Bertz CT molecular complexity index is 1920. The Morgan fingerprint density at radius 3 is 2.60 bits per heavy atom. The fraction of sp³-hybridized carbons (Fsp3) is 0.250. The Labute approximate surface area is 267 Å². The van der Waals surface area contributed by atoms with Crippen molar-refractivity contribution in [2.45, 2.75) is 36.8 Å². The standard InChI is InChI=1S/C32H32BClFN7O2S/c1-45(43,44)14-13-28(20-5-3-2-4-6-20)38-30-21(17-36)18-37-31-26(30)15-24(16-27(31)34)39-32(33,22-7-9-23(35)10-8-22)29-19-42(41-40-29)25-11-12-25/h2-10,15-16,18-19,25,28,39-41H,11-14,33H2,1H3,(H,37,38)/t28-,32+/m1/s1. The Hall–Kier alpha value is -4.31. The van der Waals surface area contributed by atoms with E-state index >= 15 is 0 Å². The van der Waals surface area contributed by atoms with Gasteiger partial charge in [0.05, 0.1) is 44.7 Å². The van der Waals surface area contributed by atoms with E-state index in [1.54, 1.807) is 18.2 Å². The van der Waals surface area contributed by atoms with E-state index < -0.39 is 21.3 Å². The molecule has 2 aliphatic rings. The van der Waals surface area contributed by atoms with Crippen LogP contribution in [0.3, 0.4) is 0 Å². The molecule has 6 rings (SSSR count). The molecule has 13 heteroatoms. The highest BCUT2D eigenvalue weighted by Gasteiger charge is 2.38. The van der Waals surface area contributed by atoms with E-state index in [1.165, 1.54) is 24.6 Å². The number of pyridine rings is 1. The molecule has 4 N–H and O–H groups in total. The van der Waals surface area contributed by atoms with Gasteiger partial charge >= 0.3 is 0 Å². The van der Waals surface area contributed by atoms with Crippen LogP contribution in [0, 0.1) is 17.1 Å². The molecule has 3 aromatic carbocycles. The molecule has 1 aliphatic carbocycles. The maximum absolute atomic E-state index is 14.0. The minimum atomic E-state index is -3.25. The number of anilines is 2. The lowest BCUT2D eigenvalue weighted by atomic mass is 9.69. The maximum atomic E-state index is 14.0. The lowest BCUT2D eigenvalue weighted by molar-refractivity contribution is 0.260. The minimum Gasteiger partial charge on any atom is -0.378 e. The number of aromatic nitrogens is 1. The first-order chi connectivity index (χ1) is 21.5. The van der Waals surface area contributed by atoms with Crippen molar-refractivity contribution in [3.8, 4) is 6.07 Å². The summed E-state index contributed by atoms with van der Waals surface area (Å²) in [5, 5.41) is 20.2. The van der Waals surface area contributed by atoms with Crippen LogP contribution in [-0.4, -0.2) is 44.3 Å². The number of halogens is 2. The number of benzene rings is 3. The number of hydrogen-bond acceptors (Lipinski definition) is 9. The van der Waals surface area contributed by atoms with E-state index in [4.69, 9.17) is 11.6 Å². The Morgan fingerprint density at radius 2 is 1.93 bits per heavy atom. The van der Waals surface area contributed by atoms with Gasteiger partial charge in [-0.05, 0) is 54.7 Å². The summed E-state index contributed by atoms with van der Waals surface area (Å²) in [4.78, 5) is 4.50. The molecule has 2 atom stereocenters. The minimum absolute atomic E-state index is 0.0396. The second-order valence-corrected chi connectivity index (χ2v) is 14.4. The van der Waals surface area contributed by atoms with Gasteiger partial charge < -0.3 is 16.1 Å². The summed E-state index contributed by atoms with van der Waals surface area (Å²) in [6.45, 7) is 0. The van der Waals surface area contributed by atoms with E-state index in [0.717, 1.165) is 29.7 Å². The Kier molecular flexibility index (Phi) is 8.35. The van der Waals surface area contributed by atoms with Crippen LogP contribution in [0.25, 0.3) is 10.9 Å². The molecule has 1 aromatic heterocycles. The maximum Gasteiger partial charge on any atom is 0.148 e. The van der Waals surface area contributed by atoms with Gasteiger partial charge in [0.1, 0.15) is 29.6 Å². The highest BCUT2D eigenvalue weighted by atomic mass is 35.5. The smallest absolute Gasteiger partial charge is 0.148 e. The van der Waals surface area contributed by atoms with Crippen LogP contribution in [0.4, 0.5) is 15.8 Å². The summed E-state index contributed by atoms with van der Waals surface area (Å²) in [5.41, 5.74) is 10.1. The molecule has 0 bridgehead atoms. The van der Waals surface area contributed by atoms with Gasteiger partial charge in [-0.25, -0.2) is 12.8 Å². The van der Waals surface area contributed by atoms with Crippen molar-refractivity contribution >= 4 is 51.6 Å². The molecule has 0 amide bonds. The molecule has 2 heterocycles. The molecule has 4 aromatic rings. The highest BCUT2D eigenvalue weighted by Crippen LogP contribution is 2.39. The van der Waals surface area contributed by atoms with Gasteiger partial charge in [-0.2, -0.15) is 5.26 Å². The van der Waals surface area contributed by atoms with E-state index in [9.17, 15) is 18.1 Å². The third-order valence-electron chi connectivity index (χ3n) is 8.23. The average Bonchev–Trinajstić information content (AvgIpc) is 3.74. The molecular formula is C32H32BClFN7O2S. The largest absolute Gasteiger partial charge is 0.378 e. The van der Waals surface area contributed by atoms with Crippen molar-refractivity contribution in [1.82, 2.24) is 21.0 Å². The van der Waals surface area contributed by atoms with Crippen LogP contribution < -0.4 is 21.6 Å². The van der Waals surface area contributed by atoms with Crippen LogP contribution in [0.2, 0.25) is 5.02 Å². The number of nitriles is 1. The monoisotopic (exact) mass is 643 g/mol. The molecule has 230 valence electrons. The molecule has 1 fully saturated rings. The van der Waals surface area contributed by atoms with Crippen LogP contribution in [0.15, 0.2) is 84.8 Å². The number of hydrazine groups is 2. The first-order valence-electron chi connectivity index (χ1n) is 14.6. The van der Waals surface area contributed by atoms with Gasteiger partial charge in [-0.3, -0.25) is 9.99 Å². The second kappa shape index (κ2) is 12.2. The van der Waals surface area contributed by atoms with Crippen LogP contribution in [0.1, 0.15) is 42.0 Å². The van der Waals surface area contributed by atoms with Crippen molar-refractivity contribution in [3.63, 3.8) is 0 Å². The van der Waals surface area contributed by atoms with Gasteiger partial charge in [0, 0.05) is 35.8 Å². The van der Waals surface area contributed by atoms with Gasteiger partial charge in [-0.15, -0.1) is 5.53 Å². The number of nitrogens with zero attached hydrogens (tertiary/aromatic N) is 3. The highest BCUT2D eigenvalue weighted by molar-refractivity contribution is 7.90. The molecule has 1 saturated carbocycles.